The lowest BCUT2D eigenvalue weighted by atomic mass is 9.98. The summed E-state index contributed by atoms with van der Waals surface area (Å²) in [5.41, 5.74) is 2.79. The van der Waals surface area contributed by atoms with Crippen molar-refractivity contribution in [2.24, 2.45) is 5.92 Å². The molecule has 0 radical (unpaired) electrons. The Morgan fingerprint density at radius 1 is 1.36 bits per heavy atom. The van der Waals surface area contributed by atoms with Gasteiger partial charge in [0.1, 0.15) is 0 Å². The average molecular weight is 255 g/mol. The van der Waals surface area contributed by atoms with Crippen LogP contribution in [0.2, 0.25) is 0 Å². The van der Waals surface area contributed by atoms with Gasteiger partial charge in [-0.15, -0.1) is 0 Å². The molecule has 1 rings (SSSR count). The van der Waals surface area contributed by atoms with Crippen molar-refractivity contribution in [1.82, 2.24) is 0 Å². The molecule has 78 valence electrons. The van der Waals surface area contributed by atoms with Gasteiger partial charge in [-0.25, -0.2) is 0 Å². The maximum absolute atomic E-state index is 3.76. The normalized spacial score (nSPS) is 15.1. The lowest BCUT2D eigenvalue weighted by Crippen LogP contribution is -2.12. The van der Waals surface area contributed by atoms with Crippen LogP contribution >= 0.6 is 15.9 Å². The Bertz CT molecular complexity index is 280. The van der Waals surface area contributed by atoms with Gasteiger partial charge in [0.15, 0.2) is 0 Å². The van der Waals surface area contributed by atoms with Crippen LogP contribution in [0.5, 0.6) is 0 Å². The van der Waals surface area contributed by atoms with Gasteiger partial charge in [-0.3, -0.25) is 0 Å². The third kappa shape index (κ3) is 3.45. The second-order valence-electron chi connectivity index (χ2n) is 4.09. The van der Waals surface area contributed by atoms with Crippen molar-refractivity contribution < 1.29 is 0 Å². The van der Waals surface area contributed by atoms with Crippen LogP contribution < -0.4 is 0 Å². The molecule has 0 N–H and O–H groups in total. The summed E-state index contributed by atoms with van der Waals surface area (Å²) in [4.78, 5) is 0.606. The Hall–Kier alpha value is -0.300. The van der Waals surface area contributed by atoms with Crippen LogP contribution in [0.4, 0.5) is 0 Å². The molecule has 1 aromatic rings. The minimum atomic E-state index is 0.606. The molecule has 0 fully saturated rings. The monoisotopic (exact) mass is 254 g/mol. The Morgan fingerprint density at radius 3 is 2.64 bits per heavy atom. The van der Waals surface area contributed by atoms with E-state index in [0.717, 1.165) is 12.3 Å². The Morgan fingerprint density at radius 2 is 2.07 bits per heavy atom. The second-order valence-corrected chi connectivity index (χ2v) is 5.27. The van der Waals surface area contributed by atoms with Gasteiger partial charge < -0.3 is 0 Å². The molecule has 0 spiro atoms. The largest absolute Gasteiger partial charge is 0.0884 e. The standard InChI is InChI=1S/C13H19Br/c1-4-11(3)13(14)9-12-7-5-6-10(2)8-12/h5-8,11,13H,4,9H2,1-3H3. The van der Waals surface area contributed by atoms with Crippen molar-refractivity contribution in [3.8, 4) is 0 Å². The maximum Gasteiger partial charge on any atom is 0.0211 e. The molecule has 0 aliphatic rings. The van der Waals surface area contributed by atoms with Crippen LogP contribution in [0.1, 0.15) is 31.4 Å². The number of rotatable bonds is 4. The first-order valence-corrected chi connectivity index (χ1v) is 6.24. The van der Waals surface area contributed by atoms with E-state index in [1.165, 1.54) is 17.5 Å². The molecule has 0 nitrogen and oxygen atoms in total. The fourth-order valence-electron chi connectivity index (χ4n) is 1.52. The van der Waals surface area contributed by atoms with Gasteiger partial charge in [0, 0.05) is 4.83 Å². The quantitative estimate of drug-likeness (QED) is 0.702. The highest BCUT2D eigenvalue weighted by molar-refractivity contribution is 9.09. The van der Waals surface area contributed by atoms with Gasteiger partial charge in [-0.2, -0.15) is 0 Å². The molecule has 14 heavy (non-hydrogen) atoms. The summed E-state index contributed by atoms with van der Waals surface area (Å²) in [6.07, 6.45) is 2.37. The number of hydrogen-bond acceptors (Lipinski definition) is 0. The van der Waals surface area contributed by atoms with E-state index < -0.39 is 0 Å². The van der Waals surface area contributed by atoms with Gasteiger partial charge in [0.2, 0.25) is 0 Å². The molecule has 0 bridgehead atoms. The highest BCUT2D eigenvalue weighted by Gasteiger charge is 2.12. The minimum Gasteiger partial charge on any atom is -0.0884 e. The molecule has 0 saturated heterocycles. The highest BCUT2D eigenvalue weighted by Crippen LogP contribution is 2.21. The van der Waals surface area contributed by atoms with Gasteiger partial charge in [0.05, 0.1) is 0 Å². The minimum absolute atomic E-state index is 0.606. The van der Waals surface area contributed by atoms with Crippen molar-refractivity contribution in [3.05, 3.63) is 35.4 Å². The number of benzene rings is 1. The molecular formula is C13H19Br. The molecule has 0 heterocycles. The maximum atomic E-state index is 3.76. The van der Waals surface area contributed by atoms with E-state index in [0.29, 0.717) is 4.83 Å². The SMILES string of the molecule is CCC(C)C(Br)Cc1cccc(C)c1. The lowest BCUT2D eigenvalue weighted by Gasteiger charge is -2.16. The summed E-state index contributed by atoms with van der Waals surface area (Å²) >= 11 is 3.76. The summed E-state index contributed by atoms with van der Waals surface area (Å²) in [6, 6.07) is 8.78. The molecule has 1 aromatic carbocycles. The lowest BCUT2D eigenvalue weighted by molar-refractivity contribution is 0.538. The van der Waals surface area contributed by atoms with E-state index >= 15 is 0 Å². The van der Waals surface area contributed by atoms with Gasteiger partial charge in [0.25, 0.3) is 0 Å². The number of aryl methyl sites for hydroxylation is 1. The van der Waals surface area contributed by atoms with Crippen LogP contribution in [-0.2, 0) is 6.42 Å². The van der Waals surface area contributed by atoms with Crippen LogP contribution in [0, 0.1) is 12.8 Å². The highest BCUT2D eigenvalue weighted by atomic mass is 79.9. The molecular weight excluding hydrogens is 236 g/mol. The first-order valence-electron chi connectivity index (χ1n) is 5.33. The Labute approximate surface area is 95.9 Å². The predicted octanol–water partition coefficient (Wildman–Crippen LogP) is 4.35. The molecule has 2 atom stereocenters. The molecule has 1 heteroatoms. The van der Waals surface area contributed by atoms with Crippen LogP contribution in [0.15, 0.2) is 24.3 Å². The van der Waals surface area contributed by atoms with Gasteiger partial charge in [-0.05, 0) is 24.8 Å². The molecule has 2 unspecified atom stereocenters. The second kappa shape index (κ2) is 5.55. The first-order chi connectivity index (χ1) is 6.63. The molecule has 0 aromatic heterocycles. The zero-order valence-corrected chi connectivity index (χ0v) is 10.8. The van der Waals surface area contributed by atoms with Crippen LogP contribution in [0.3, 0.4) is 0 Å². The van der Waals surface area contributed by atoms with Crippen molar-refractivity contribution in [1.29, 1.82) is 0 Å². The van der Waals surface area contributed by atoms with E-state index in [9.17, 15) is 0 Å². The van der Waals surface area contributed by atoms with Gasteiger partial charge >= 0.3 is 0 Å². The predicted molar refractivity (Wildman–Crippen MR) is 67.1 cm³/mol. The molecule has 0 aliphatic carbocycles. The molecule has 0 amide bonds. The van der Waals surface area contributed by atoms with E-state index in [1.807, 2.05) is 0 Å². The summed E-state index contributed by atoms with van der Waals surface area (Å²) in [5, 5.41) is 0. The van der Waals surface area contributed by atoms with E-state index in [-0.39, 0.29) is 0 Å². The van der Waals surface area contributed by atoms with Crippen LogP contribution in [-0.4, -0.2) is 4.83 Å². The van der Waals surface area contributed by atoms with E-state index in [1.54, 1.807) is 0 Å². The summed E-state index contributed by atoms with van der Waals surface area (Å²) in [6.45, 7) is 6.69. The average Bonchev–Trinajstić information content (AvgIpc) is 2.16. The molecule has 0 saturated carbocycles. The van der Waals surface area contributed by atoms with Crippen molar-refractivity contribution in [2.45, 2.75) is 38.4 Å². The van der Waals surface area contributed by atoms with Crippen LogP contribution in [0.25, 0.3) is 0 Å². The Balaban J connectivity index is 2.60. The van der Waals surface area contributed by atoms with Crippen molar-refractivity contribution in [3.63, 3.8) is 0 Å². The zero-order chi connectivity index (χ0) is 10.6. The van der Waals surface area contributed by atoms with Crippen molar-refractivity contribution in [2.75, 3.05) is 0 Å². The van der Waals surface area contributed by atoms with E-state index in [4.69, 9.17) is 0 Å². The number of halogens is 1. The number of alkyl halides is 1. The summed E-state index contributed by atoms with van der Waals surface area (Å²) in [7, 11) is 0. The molecule has 0 aliphatic heterocycles. The van der Waals surface area contributed by atoms with Gasteiger partial charge in [-0.1, -0.05) is 66.0 Å². The summed E-state index contributed by atoms with van der Waals surface area (Å²) in [5.74, 6) is 0.746. The third-order valence-electron chi connectivity index (χ3n) is 2.77. The number of hydrogen-bond donors (Lipinski definition) is 0. The topological polar surface area (TPSA) is 0 Å². The Kier molecular flexibility index (Phi) is 4.67. The summed E-state index contributed by atoms with van der Waals surface area (Å²) < 4.78 is 0. The fourth-order valence-corrected chi connectivity index (χ4v) is 2.27. The zero-order valence-electron chi connectivity index (χ0n) is 9.26. The van der Waals surface area contributed by atoms with E-state index in [2.05, 4.69) is 61.0 Å². The third-order valence-corrected chi connectivity index (χ3v) is 4.00. The first kappa shape index (κ1) is 11.8. The smallest absolute Gasteiger partial charge is 0.0211 e. The van der Waals surface area contributed by atoms with Crippen molar-refractivity contribution >= 4 is 15.9 Å². The fraction of sp³-hybridized carbons (Fsp3) is 0.538.